The van der Waals surface area contributed by atoms with Crippen molar-refractivity contribution in [1.29, 1.82) is 0 Å². The molecule has 0 spiro atoms. The van der Waals surface area contributed by atoms with Crippen LogP contribution in [0, 0.1) is 20.8 Å². The number of ether oxygens (including phenoxy) is 2. The Hall–Kier alpha value is -3.88. The number of benzene rings is 2. The number of dihydropyridines is 1. The highest BCUT2D eigenvalue weighted by atomic mass is 35.5. The van der Waals surface area contributed by atoms with Crippen LogP contribution in [0.5, 0.6) is 0 Å². The summed E-state index contributed by atoms with van der Waals surface area (Å²) in [5, 5.41) is 3.88. The molecule has 1 unspecified atom stereocenters. The summed E-state index contributed by atoms with van der Waals surface area (Å²) in [4.78, 5) is 33.8. The Bertz CT molecular complexity index is 1530. The number of imidazole rings is 1. The number of hydrogen-bond donors (Lipinski definition) is 1. The molecular weight excluding hydrogens is 540 g/mol. The Morgan fingerprint density at radius 1 is 1.10 bits per heavy atom. The fourth-order valence-corrected chi connectivity index (χ4v) is 5.86. The van der Waals surface area contributed by atoms with Crippen molar-refractivity contribution in [3.63, 3.8) is 0 Å². The molecule has 1 aromatic heterocycles. The average Bonchev–Trinajstić information content (AvgIpc) is 3.39. The number of amides is 1. The first kappa shape index (κ1) is 28.6. The highest BCUT2D eigenvalue weighted by Gasteiger charge is 2.44. The minimum atomic E-state index is -0.688. The molecular formula is C32H35ClN4O4. The summed E-state index contributed by atoms with van der Waals surface area (Å²) in [6.07, 6.45) is 0. The summed E-state index contributed by atoms with van der Waals surface area (Å²) in [6.45, 7) is 10.0. The van der Waals surface area contributed by atoms with Gasteiger partial charge >= 0.3 is 5.97 Å². The number of nitrogens with one attached hydrogen (secondary N) is 1. The second kappa shape index (κ2) is 12.3. The van der Waals surface area contributed by atoms with Crippen LogP contribution < -0.4 is 5.32 Å². The smallest absolute Gasteiger partial charge is 0.336 e. The van der Waals surface area contributed by atoms with Gasteiger partial charge in [0.25, 0.3) is 5.91 Å². The molecule has 0 aliphatic carbocycles. The van der Waals surface area contributed by atoms with E-state index in [1.165, 1.54) is 0 Å². The van der Waals surface area contributed by atoms with E-state index in [0.717, 1.165) is 28.5 Å². The third-order valence-electron chi connectivity index (χ3n) is 7.68. The van der Waals surface area contributed by atoms with Gasteiger partial charge in [0.15, 0.2) is 0 Å². The van der Waals surface area contributed by atoms with E-state index in [1.807, 2.05) is 69.3 Å². The fraction of sp³-hybridized carbons (Fsp3) is 0.344. The monoisotopic (exact) mass is 574 g/mol. The highest BCUT2D eigenvalue weighted by Crippen LogP contribution is 2.44. The average molecular weight is 575 g/mol. The molecule has 1 N–H and O–H groups in total. The number of carbonyl (C=O) groups excluding carboxylic acids is 2. The summed E-state index contributed by atoms with van der Waals surface area (Å²) < 4.78 is 13.8. The molecule has 2 aliphatic heterocycles. The Balaban J connectivity index is 1.47. The van der Waals surface area contributed by atoms with Gasteiger partial charge in [-0.3, -0.25) is 4.79 Å². The molecule has 3 heterocycles. The van der Waals surface area contributed by atoms with Gasteiger partial charge < -0.3 is 24.3 Å². The zero-order valence-corrected chi connectivity index (χ0v) is 24.6. The maximum atomic E-state index is 13.9. The van der Waals surface area contributed by atoms with Crippen LogP contribution in [0.15, 0.2) is 77.1 Å². The molecule has 214 valence electrons. The Morgan fingerprint density at radius 2 is 1.83 bits per heavy atom. The molecule has 2 aromatic carbocycles. The van der Waals surface area contributed by atoms with E-state index >= 15 is 0 Å². The van der Waals surface area contributed by atoms with Gasteiger partial charge in [0.1, 0.15) is 5.82 Å². The predicted octanol–water partition coefficient (Wildman–Crippen LogP) is 4.98. The topological polar surface area (TPSA) is 85.7 Å². The number of aromatic nitrogens is 2. The molecule has 41 heavy (non-hydrogen) atoms. The number of esters is 1. The van der Waals surface area contributed by atoms with Crippen LogP contribution in [-0.2, 0) is 32.2 Å². The van der Waals surface area contributed by atoms with Crippen molar-refractivity contribution in [2.24, 2.45) is 0 Å². The van der Waals surface area contributed by atoms with Gasteiger partial charge in [-0.2, -0.15) is 0 Å². The molecule has 5 rings (SSSR count). The minimum absolute atomic E-state index is 0.135. The number of hydrogen-bond acceptors (Lipinski definition) is 6. The number of aryl methyl sites for hydroxylation is 2. The molecule has 2 aliphatic rings. The maximum Gasteiger partial charge on any atom is 0.336 e. The van der Waals surface area contributed by atoms with Crippen molar-refractivity contribution in [2.45, 2.75) is 46.7 Å². The lowest BCUT2D eigenvalue weighted by atomic mass is 9.80. The zero-order valence-electron chi connectivity index (χ0n) is 23.9. The third kappa shape index (κ3) is 5.80. The first-order valence-electron chi connectivity index (χ1n) is 13.9. The molecule has 1 amide bonds. The second-order valence-corrected chi connectivity index (χ2v) is 10.7. The summed E-state index contributed by atoms with van der Waals surface area (Å²) in [5.41, 5.74) is 5.99. The Kier molecular flexibility index (Phi) is 8.61. The van der Waals surface area contributed by atoms with Gasteiger partial charge in [-0.1, -0.05) is 60.1 Å². The first-order valence-corrected chi connectivity index (χ1v) is 14.2. The lowest BCUT2D eigenvalue weighted by Gasteiger charge is -2.30. The minimum Gasteiger partial charge on any atom is -0.463 e. The highest BCUT2D eigenvalue weighted by molar-refractivity contribution is 6.31. The van der Waals surface area contributed by atoms with Crippen LogP contribution in [0.2, 0.25) is 5.02 Å². The fourth-order valence-electron chi connectivity index (χ4n) is 5.62. The maximum absolute atomic E-state index is 13.9. The van der Waals surface area contributed by atoms with Crippen LogP contribution in [0.1, 0.15) is 41.2 Å². The van der Waals surface area contributed by atoms with Crippen LogP contribution >= 0.6 is 11.6 Å². The van der Waals surface area contributed by atoms with E-state index in [2.05, 4.69) is 14.9 Å². The molecule has 0 radical (unpaired) electrons. The summed E-state index contributed by atoms with van der Waals surface area (Å²) >= 11 is 6.70. The third-order valence-corrected chi connectivity index (χ3v) is 8.02. The van der Waals surface area contributed by atoms with Crippen LogP contribution in [-0.4, -0.2) is 52.7 Å². The van der Waals surface area contributed by atoms with Crippen molar-refractivity contribution in [2.75, 3.05) is 26.4 Å². The van der Waals surface area contributed by atoms with E-state index in [1.54, 1.807) is 17.9 Å². The van der Waals surface area contributed by atoms with Crippen molar-refractivity contribution in [3.8, 4) is 0 Å². The molecule has 8 nitrogen and oxygen atoms in total. The van der Waals surface area contributed by atoms with E-state index < -0.39 is 11.9 Å². The standard InChI is InChI=1S/C32H35ClN4O4/c1-5-41-32(39)30-27(19-40-16-15-37-21(3)20(2)34-22(37)4)35-26-18-36(17-23-11-7-6-8-12-23)31(38)29(26)28(30)24-13-9-10-14-25(24)33/h6-14,28,35H,5,15-19H2,1-4H3. The van der Waals surface area contributed by atoms with Gasteiger partial charge in [0, 0.05) is 29.5 Å². The summed E-state index contributed by atoms with van der Waals surface area (Å²) in [5.74, 6) is -0.389. The van der Waals surface area contributed by atoms with Crippen molar-refractivity contribution in [3.05, 3.63) is 110 Å². The van der Waals surface area contributed by atoms with Crippen LogP contribution in [0.3, 0.4) is 0 Å². The van der Waals surface area contributed by atoms with Gasteiger partial charge in [0.05, 0.1) is 54.8 Å². The lowest BCUT2D eigenvalue weighted by molar-refractivity contribution is -0.138. The normalized spacial score (nSPS) is 16.8. The first-order chi connectivity index (χ1) is 19.8. The largest absolute Gasteiger partial charge is 0.463 e. The Morgan fingerprint density at radius 3 is 2.51 bits per heavy atom. The number of halogens is 1. The van der Waals surface area contributed by atoms with E-state index in [0.29, 0.717) is 53.7 Å². The van der Waals surface area contributed by atoms with E-state index in [-0.39, 0.29) is 19.1 Å². The summed E-state index contributed by atoms with van der Waals surface area (Å²) in [6, 6.07) is 17.2. The number of nitrogens with zero attached hydrogens (tertiary/aromatic N) is 3. The molecule has 1 atom stereocenters. The summed E-state index contributed by atoms with van der Waals surface area (Å²) in [7, 11) is 0. The Labute approximate surface area is 245 Å². The van der Waals surface area contributed by atoms with Crippen molar-refractivity contribution < 1.29 is 19.1 Å². The molecule has 0 fully saturated rings. The number of rotatable bonds is 10. The van der Waals surface area contributed by atoms with Gasteiger partial charge in [-0.05, 0) is 44.9 Å². The molecule has 3 aromatic rings. The SMILES string of the molecule is CCOC(=O)C1=C(COCCn2c(C)nc(C)c2C)NC2=C(C(=O)N(Cc3ccccc3)C2)C1c1ccccc1Cl. The molecule has 0 bridgehead atoms. The predicted molar refractivity (Wildman–Crippen MR) is 157 cm³/mol. The van der Waals surface area contributed by atoms with Crippen molar-refractivity contribution in [1.82, 2.24) is 19.8 Å². The van der Waals surface area contributed by atoms with Crippen LogP contribution in [0.4, 0.5) is 0 Å². The van der Waals surface area contributed by atoms with Gasteiger partial charge in [-0.15, -0.1) is 0 Å². The van der Waals surface area contributed by atoms with Gasteiger partial charge in [0.2, 0.25) is 0 Å². The zero-order chi connectivity index (χ0) is 29.1. The van der Waals surface area contributed by atoms with E-state index in [4.69, 9.17) is 21.1 Å². The molecule has 0 saturated carbocycles. The van der Waals surface area contributed by atoms with Crippen LogP contribution in [0.25, 0.3) is 0 Å². The van der Waals surface area contributed by atoms with E-state index in [9.17, 15) is 9.59 Å². The van der Waals surface area contributed by atoms with Gasteiger partial charge in [-0.25, -0.2) is 9.78 Å². The molecule has 0 saturated heterocycles. The second-order valence-electron chi connectivity index (χ2n) is 10.3. The quantitative estimate of drug-likeness (QED) is 0.272. The lowest BCUT2D eigenvalue weighted by Crippen LogP contribution is -2.33. The molecule has 9 heteroatoms. The number of carbonyl (C=O) groups is 2. The van der Waals surface area contributed by atoms with Crippen molar-refractivity contribution >= 4 is 23.5 Å².